The van der Waals surface area contributed by atoms with Crippen molar-refractivity contribution in [2.75, 3.05) is 39.5 Å². The predicted octanol–water partition coefficient (Wildman–Crippen LogP) is 1.84. The standard InChI is InChI=1S/C12H20F3NO3/c1-2-19-11(17)9-18-8-7-16-5-3-10(4-6-16)12(13,14)15/h10H,2-9H2,1H3. The summed E-state index contributed by atoms with van der Waals surface area (Å²) in [6.07, 6.45) is -3.80. The second kappa shape index (κ2) is 7.69. The van der Waals surface area contributed by atoms with Gasteiger partial charge in [-0.15, -0.1) is 0 Å². The lowest BCUT2D eigenvalue weighted by molar-refractivity contribution is -0.185. The molecule has 7 heteroatoms. The fourth-order valence-corrected chi connectivity index (χ4v) is 2.04. The van der Waals surface area contributed by atoms with Crippen LogP contribution >= 0.6 is 0 Å². The van der Waals surface area contributed by atoms with Crippen LogP contribution in [0.15, 0.2) is 0 Å². The molecule has 0 radical (unpaired) electrons. The summed E-state index contributed by atoms with van der Waals surface area (Å²) < 4.78 is 47.1. The summed E-state index contributed by atoms with van der Waals surface area (Å²) in [5.41, 5.74) is 0. The molecule has 0 aliphatic carbocycles. The molecule has 4 nitrogen and oxygen atoms in total. The molecule has 0 N–H and O–H groups in total. The van der Waals surface area contributed by atoms with Crippen molar-refractivity contribution in [3.63, 3.8) is 0 Å². The van der Waals surface area contributed by atoms with Crippen LogP contribution in [0, 0.1) is 5.92 Å². The lowest BCUT2D eigenvalue weighted by Gasteiger charge is -2.32. The Labute approximate surface area is 110 Å². The number of alkyl halides is 3. The summed E-state index contributed by atoms with van der Waals surface area (Å²) in [6.45, 7) is 3.64. The second-order valence-corrected chi connectivity index (χ2v) is 4.52. The Morgan fingerprint density at radius 2 is 1.95 bits per heavy atom. The maximum atomic E-state index is 12.4. The average Bonchev–Trinajstić information content (AvgIpc) is 2.34. The first-order valence-corrected chi connectivity index (χ1v) is 6.46. The van der Waals surface area contributed by atoms with Crippen LogP contribution in [0.1, 0.15) is 19.8 Å². The highest BCUT2D eigenvalue weighted by Gasteiger charge is 2.40. The molecule has 112 valence electrons. The van der Waals surface area contributed by atoms with Crippen LogP contribution in [0.25, 0.3) is 0 Å². The summed E-state index contributed by atoms with van der Waals surface area (Å²) in [5.74, 6) is -1.59. The van der Waals surface area contributed by atoms with E-state index in [9.17, 15) is 18.0 Å². The van der Waals surface area contributed by atoms with Gasteiger partial charge in [-0.05, 0) is 32.9 Å². The van der Waals surface area contributed by atoms with Crippen LogP contribution in [-0.4, -0.2) is 56.5 Å². The molecule has 19 heavy (non-hydrogen) atoms. The van der Waals surface area contributed by atoms with Gasteiger partial charge in [-0.1, -0.05) is 0 Å². The highest BCUT2D eigenvalue weighted by molar-refractivity contribution is 5.70. The third kappa shape index (κ3) is 6.24. The Bertz CT molecular complexity index is 276. The van der Waals surface area contributed by atoms with E-state index in [0.29, 0.717) is 32.8 Å². The first-order valence-electron chi connectivity index (χ1n) is 6.46. The van der Waals surface area contributed by atoms with E-state index in [1.54, 1.807) is 6.92 Å². The van der Waals surface area contributed by atoms with Crippen molar-refractivity contribution in [3.8, 4) is 0 Å². The summed E-state index contributed by atoms with van der Waals surface area (Å²) in [4.78, 5) is 12.9. The number of likely N-dealkylation sites (tertiary alicyclic amines) is 1. The summed E-state index contributed by atoms with van der Waals surface area (Å²) in [6, 6.07) is 0. The minimum atomic E-state index is -4.08. The summed E-state index contributed by atoms with van der Waals surface area (Å²) in [5, 5.41) is 0. The van der Waals surface area contributed by atoms with Crippen molar-refractivity contribution in [3.05, 3.63) is 0 Å². The van der Waals surface area contributed by atoms with E-state index in [-0.39, 0.29) is 19.4 Å². The van der Waals surface area contributed by atoms with Crippen LogP contribution in [0.2, 0.25) is 0 Å². The monoisotopic (exact) mass is 283 g/mol. The van der Waals surface area contributed by atoms with Crippen LogP contribution in [0.5, 0.6) is 0 Å². The zero-order chi connectivity index (χ0) is 14.3. The van der Waals surface area contributed by atoms with E-state index in [1.807, 2.05) is 4.90 Å². The fourth-order valence-electron chi connectivity index (χ4n) is 2.04. The van der Waals surface area contributed by atoms with E-state index in [0.717, 1.165) is 0 Å². The highest BCUT2D eigenvalue weighted by Crippen LogP contribution is 2.33. The molecule has 1 aliphatic rings. The van der Waals surface area contributed by atoms with E-state index >= 15 is 0 Å². The van der Waals surface area contributed by atoms with E-state index in [1.165, 1.54) is 0 Å². The number of hydrogen-bond donors (Lipinski definition) is 0. The largest absolute Gasteiger partial charge is 0.464 e. The lowest BCUT2D eigenvalue weighted by atomic mass is 9.96. The topological polar surface area (TPSA) is 38.8 Å². The van der Waals surface area contributed by atoms with Crippen LogP contribution in [0.4, 0.5) is 13.2 Å². The van der Waals surface area contributed by atoms with Crippen LogP contribution in [-0.2, 0) is 14.3 Å². The van der Waals surface area contributed by atoms with Crippen molar-refractivity contribution >= 4 is 5.97 Å². The number of rotatable bonds is 6. The Kier molecular flexibility index (Phi) is 6.57. The van der Waals surface area contributed by atoms with E-state index in [2.05, 4.69) is 4.74 Å². The molecule has 0 bridgehead atoms. The van der Waals surface area contributed by atoms with Gasteiger partial charge >= 0.3 is 12.1 Å². The molecule has 0 aromatic carbocycles. The minimum Gasteiger partial charge on any atom is -0.464 e. The molecule has 0 amide bonds. The first kappa shape index (κ1) is 16.2. The third-order valence-electron chi connectivity index (χ3n) is 3.13. The molecule has 0 aromatic heterocycles. The number of carbonyl (C=O) groups is 1. The van der Waals surface area contributed by atoms with Gasteiger partial charge in [0.05, 0.1) is 19.1 Å². The van der Waals surface area contributed by atoms with Crippen molar-refractivity contribution in [2.45, 2.75) is 25.9 Å². The first-order chi connectivity index (χ1) is 8.93. The molecule has 0 spiro atoms. The summed E-state index contributed by atoms with van der Waals surface area (Å²) in [7, 11) is 0. The third-order valence-corrected chi connectivity index (χ3v) is 3.13. The SMILES string of the molecule is CCOC(=O)COCCN1CCC(C(F)(F)F)CC1. The molecule has 1 aliphatic heterocycles. The average molecular weight is 283 g/mol. The van der Waals surface area contributed by atoms with Gasteiger partial charge in [-0.3, -0.25) is 0 Å². The molecule has 0 aromatic rings. The van der Waals surface area contributed by atoms with E-state index < -0.39 is 18.1 Å². The minimum absolute atomic E-state index is 0.104. The Balaban J connectivity index is 2.08. The van der Waals surface area contributed by atoms with Gasteiger partial charge in [0, 0.05) is 6.54 Å². The molecule has 1 rings (SSSR count). The Morgan fingerprint density at radius 1 is 1.32 bits per heavy atom. The second-order valence-electron chi connectivity index (χ2n) is 4.52. The molecule has 0 saturated carbocycles. The number of nitrogens with zero attached hydrogens (tertiary/aromatic N) is 1. The lowest BCUT2D eigenvalue weighted by Crippen LogP contribution is -2.40. The molecule has 0 unspecified atom stereocenters. The number of hydrogen-bond acceptors (Lipinski definition) is 4. The number of esters is 1. The van der Waals surface area contributed by atoms with Gasteiger partial charge in [0.1, 0.15) is 6.61 Å². The number of carbonyl (C=O) groups excluding carboxylic acids is 1. The highest BCUT2D eigenvalue weighted by atomic mass is 19.4. The molecule has 1 heterocycles. The molecule has 1 fully saturated rings. The molecular formula is C12H20F3NO3. The van der Waals surface area contributed by atoms with Gasteiger partial charge in [0.2, 0.25) is 0 Å². The Morgan fingerprint density at radius 3 is 2.47 bits per heavy atom. The molecule has 0 atom stereocenters. The van der Waals surface area contributed by atoms with Crippen molar-refractivity contribution in [2.24, 2.45) is 5.92 Å². The predicted molar refractivity (Wildman–Crippen MR) is 62.7 cm³/mol. The van der Waals surface area contributed by atoms with Crippen LogP contribution < -0.4 is 0 Å². The van der Waals surface area contributed by atoms with Gasteiger partial charge in [0.25, 0.3) is 0 Å². The van der Waals surface area contributed by atoms with E-state index in [4.69, 9.17) is 4.74 Å². The van der Waals surface area contributed by atoms with Gasteiger partial charge < -0.3 is 14.4 Å². The number of piperidine rings is 1. The van der Waals surface area contributed by atoms with Gasteiger partial charge in [-0.25, -0.2) is 4.79 Å². The normalized spacial score (nSPS) is 18.5. The molecular weight excluding hydrogens is 263 g/mol. The zero-order valence-corrected chi connectivity index (χ0v) is 11.0. The smallest absolute Gasteiger partial charge is 0.391 e. The fraction of sp³-hybridized carbons (Fsp3) is 0.917. The van der Waals surface area contributed by atoms with Crippen molar-refractivity contribution < 1.29 is 27.4 Å². The maximum Gasteiger partial charge on any atom is 0.391 e. The van der Waals surface area contributed by atoms with Crippen molar-refractivity contribution in [1.29, 1.82) is 0 Å². The quantitative estimate of drug-likeness (QED) is 0.551. The molecule has 1 saturated heterocycles. The summed E-state index contributed by atoms with van der Waals surface area (Å²) >= 11 is 0. The Hall–Kier alpha value is -0.820. The van der Waals surface area contributed by atoms with Crippen LogP contribution in [0.3, 0.4) is 0 Å². The maximum absolute atomic E-state index is 12.4. The number of ether oxygens (including phenoxy) is 2. The van der Waals surface area contributed by atoms with Crippen molar-refractivity contribution in [1.82, 2.24) is 4.90 Å². The zero-order valence-electron chi connectivity index (χ0n) is 11.0. The van der Waals surface area contributed by atoms with Gasteiger partial charge in [0.15, 0.2) is 0 Å². The number of halogens is 3. The van der Waals surface area contributed by atoms with Gasteiger partial charge in [-0.2, -0.15) is 13.2 Å².